The van der Waals surface area contributed by atoms with Crippen LogP contribution in [0.5, 0.6) is 0 Å². The van der Waals surface area contributed by atoms with E-state index in [2.05, 4.69) is 0 Å². The summed E-state index contributed by atoms with van der Waals surface area (Å²) in [4.78, 5) is 46.8. The Balaban J connectivity index is 1.33. The number of halogens is 1. The number of carboxylic acid groups (broad SMARTS) is 1. The number of aliphatic carboxylic acids is 1. The van der Waals surface area contributed by atoms with Crippen molar-refractivity contribution in [2.24, 2.45) is 0 Å². The molecular formula is C33H27ClN4O4. The van der Waals surface area contributed by atoms with Crippen molar-refractivity contribution in [2.75, 3.05) is 29.4 Å². The van der Waals surface area contributed by atoms with Gasteiger partial charge in [0.25, 0.3) is 0 Å². The van der Waals surface area contributed by atoms with E-state index in [4.69, 9.17) is 11.6 Å². The molecule has 2 heterocycles. The van der Waals surface area contributed by atoms with Crippen LogP contribution in [0.4, 0.5) is 32.3 Å². The van der Waals surface area contributed by atoms with Gasteiger partial charge >= 0.3 is 18.0 Å². The van der Waals surface area contributed by atoms with Crippen molar-refractivity contribution < 1.29 is 19.5 Å². The number of piperazine rings is 1. The van der Waals surface area contributed by atoms with Gasteiger partial charge in [-0.1, -0.05) is 90.5 Å². The molecule has 0 radical (unpaired) electrons. The minimum Gasteiger partial charge on any atom is -0.480 e. The fourth-order valence-corrected chi connectivity index (χ4v) is 5.63. The quantitative estimate of drug-likeness (QED) is 0.281. The minimum absolute atomic E-state index is 0.0287. The van der Waals surface area contributed by atoms with E-state index >= 15 is 0 Å². The summed E-state index contributed by atoms with van der Waals surface area (Å²) in [6.07, 6.45) is 3.89. The normalized spacial score (nSPS) is 15.8. The Hall–Kier alpha value is -5.08. The van der Waals surface area contributed by atoms with Crippen LogP contribution in [-0.4, -0.2) is 58.6 Å². The molecule has 1 atom stereocenters. The summed E-state index contributed by atoms with van der Waals surface area (Å²) in [7, 11) is 0. The number of nitrogens with zero attached hydrogens (tertiary/aromatic N) is 4. The van der Waals surface area contributed by atoms with Crippen LogP contribution in [0.1, 0.15) is 11.1 Å². The maximum atomic E-state index is 14.3. The van der Waals surface area contributed by atoms with Crippen molar-refractivity contribution in [3.63, 3.8) is 0 Å². The number of fused-ring (bicyclic) bond motifs is 2. The van der Waals surface area contributed by atoms with E-state index in [0.29, 0.717) is 27.8 Å². The maximum absolute atomic E-state index is 14.3. The van der Waals surface area contributed by atoms with Crippen molar-refractivity contribution in [2.45, 2.75) is 6.04 Å². The third-order valence-electron chi connectivity index (χ3n) is 7.47. The smallest absolute Gasteiger partial charge is 0.330 e. The second-order valence-corrected chi connectivity index (χ2v) is 10.4. The molecule has 2 aliphatic rings. The van der Waals surface area contributed by atoms with Crippen molar-refractivity contribution in [1.82, 2.24) is 9.80 Å². The van der Waals surface area contributed by atoms with Gasteiger partial charge in [-0.3, -0.25) is 9.80 Å². The molecule has 0 unspecified atom stereocenters. The molecule has 9 heteroatoms. The zero-order valence-electron chi connectivity index (χ0n) is 22.5. The van der Waals surface area contributed by atoms with Gasteiger partial charge in [0.05, 0.1) is 34.3 Å². The van der Waals surface area contributed by atoms with E-state index in [1.165, 1.54) is 14.7 Å². The Labute approximate surface area is 248 Å². The van der Waals surface area contributed by atoms with E-state index in [1.54, 1.807) is 41.3 Å². The number of hydrogen-bond acceptors (Lipinski definition) is 3. The summed E-state index contributed by atoms with van der Waals surface area (Å²) in [5.74, 6) is -1.20. The van der Waals surface area contributed by atoms with Gasteiger partial charge in [0.1, 0.15) is 6.04 Å². The monoisotopic (exact) mass is 578 g/mol. The van der Waals surface area contributed by atoms with Crippen LogP contribution in [-0.2, 0) is 4.79 Å². The van der Waals surface area contributed by atoms with Gasteiger partial charge in [-0.05, 0) is 47.5 Å². The van der Waals surface area contributed by atoms with Crippen LogP contribution in [0.3, 0.4) is 0 Å². The fraction of sp³-hybridized carbons (Fsp3) is 0.121. The van der Waals surface area contributed by atoms with Crippen LogP contribution in [0.25, 0.3) is 12.2 Å². The zero-order valence-corrected chi connectivity index (χ0v) is 23.3. The van der Waals surface area contributed by atoms with Gasteiger partial charge in [-0.15, -0.1) is 0 Å². The maximum Gasteiger partial charge on any atom is 0.330 e. The van der Waals surface area contributed by atoms with Crippen molar-refractivity contribution >= 4 is 64.5 Å². The molecule has 1 N–H and O–H groups in total. The van der Waals surface area contributed by atoms with Crippen molar-refractivity contribution in [3.05, 3.63) is 119 Å². The average molecular weight is 579 g/mol. The molecule has 0 saturated carbocycles. The molecule has 1 saturated heterocycles. The van der Waals surface area contributed by atoms with E-state index in [-0.39, 0.29) is 19.6 Å². The number of rotatable bonds is 3. The second kappa shape index (κ2) is 11.4. The Kier molecular flexibility index (Phi) is 7.37. The first-order valence-corrected chi connectivity index (χ1v) is 13.9. The summed E-state index contributed by atoms with van der Waals surface area (Å²) in [6, 6.07) is 28.9. The third-order valence-corrected chi connectivity index (χ3v) is 7.79. The molecule has 210 valence electrons. The molecule has 0 aromatic heterocycles. The van der Waals surface area contributed by atoms with E-state index < -0.39 is 24.1 Å². The number of amides is 4. The number of anilines is 4. The van der Waals surface area contributed by atoms with E-state index in [9.17, 15) is 19.5 Å². The standard InChI is InChI=1S/C33H27ClN4O4/c34-26-14-6-9-17-29(26)37(25-12-2-1-3-13-25)32(41)35-20-21-36(30(22-35)31(39)40)33(42)38-27-15-7-4-10-23(27)18-19-24-11-5-8-16-28(24)38/h1-19,30H,20-22H2,(H,39,40)/t30-/m0/s1. The molecule has 4 amide bonds. The number of urea groups is 2. The molecule has 8 nitrogen and oxygen atoms in total. The van der Waals surface area contributed by atoms with Gasteiger partial charge in [0.15, 0.2) is 0 Å². The topological polar surface area (TPSA) is 84.4 Å². The third kappa shape index (κ3) is 4.97. The van der Waals surface area contributed by atoms with Crippen LogP contribution >= 0.6 is 11.6 Å². The minimum atomic E-state index is -1.27. The van der Waals surface area contributed by atoms with Gasteiger partial charge in [-0.25, -0.2) is 14.4 Å². The Morgan fingerprint density at radius 1 is 0.738 bits per heavy atom. The van der Waals surface area contributed by atoms with Crippen LogP contribution in [0.15, 0.2) is 103 Å². The second-order valence-electron chi connectivity index (χ2n) is 9.97. The molecule has 0 bridgehead atoms. The lowest BCUT2D eigenvalue weighted by atomic mass is 10.1. The lowest BCUT2D eigenvalue weighted by Gasteiger charge is -2.42. The predicted octanol–water partition coefficient (Wildman–Crippen LogP) is 7.11. The molecule has 6 rings (SSSR count). The molecule has 4 aromatic rings. The van der Waals surface area contributed by atoms with Gasteiger partial charge in [-0.2, -0.15) is 0 Å². The van der Waals surface area contributed by atoms with Gasteiger partial charge in [0, 0.05) is 13.1 Å². The highest BCUT2D eigenvalue weighted by Gasteiger charge is 2.41. The zero-order chi connectivity index (χ0) is 29.2. The number of hydrogen-bond donors (Lipinski definition) is 1. The van der Waals surface area contributed by atoms with Crippen LogP contribution in [0, 0.1) is 0 Å². The highest BCUT2D eigenvalue weighted by atomic mass is 35.5. The largest absolute Gasteiger partial charge is 0.480 e. The number of benzene rings is 4. The van der Waals surface area contributed by atoms with Crippen LogP contribution < -0.4 is 9.80 Å². The first-order valence-electron chi connectivity index (χ1n) is 13.5. The highest BCUT2D eigenvalue weighted by molar-refractivity contribution is 6.34. The number of carbonyl (C=O) groups is 3. The summed E-state index contributed by atoms with van der Waals surface area (Å²) in [5.41, 5.74) is 4.04. The SMILES string of the molecule is O=C(O)[C@@H]1CN(C(=O)N(c2ccccc2)c2ccccc2Cl)CCN1C(=O)N1c2ccccc2C=Cc2ccccc21. The Morgan fingerprint density at radius 3 is 1.93 bits per heavy atom. The molecule has 2 aliphatic heterocycles. The molecular weight excluding hydrogens is 552 g/mol. The number of carboxylic acids is 1. The van der Waals surface area contributed by atoms with Gasteiger partial charge < -0.3 is 14.9 Å². The molecule has 42 heavy (non-hydrogen) atoms. The lowest BCUT2D eigenvalue weighted by molar-refractivity contribution is -0.143. The first kappa shape index (κ1) is 27.1. The summed E-state index contributed by atoms with van der Waals surface area (Å²) < 4.78 is 0. The van der Waals surface area contributed by atoms with E-state index in [0.717, 1.165) is 11.1 Å². The Morgan fingerprint density at radius 2 is 1.31 bits per heavy atom. The van der Waals surface area contributed by atoms with Crippen molar-refractivity contribution in [1.29, 1.82) is 0 Å². The predicted molar refractivity (Wildman–Crippen MR) is 164 cm³/mol. The number of carbonyl (C=O) groups excluding carboxylic acids is 2. The highest BCUT2D eigenvalue weighted by Crippen LogP contribution is 2.38. The first-order chi connectivity index (χ1) is 20.4. The van der Waals surface area contributed by atoms with Crippen LogP contribution in [0.2, 0.25) is 5.02 Å². The lowest BCUT2D eigenvalue weighted by Crippen LogP contribution is -2.62. The Bertz CT molecular complexity index is 1640. The fourth-order valence-electron chi connectivity index (χ4n) is 5.41. The molecule has 1 fully saturated rings. The molecule has 0 aliphatic carbocycles. The summed E-state index contributed by atoms with van der Waals surface area (Å²) in [5, 5.41) is 10.7. The van der Waals surface area contributed by atoms with E-state index in [1.807, 2.05) is 78.9 Å². The average Bonchev–Trinajstić information content (AvgIpc) is 3.19. The van der Waals surface area contributed by atoms with Crippen molar-refractivity contribution in [3.8, 4) is 0 Å². The van der Waals surface area contributed by atoms with Gasteiger partial charge in [0.2, 0.25) is 0 Å². The summed E-state index contributed by atoms with van der Waals surface area (Å²) in [6.45, 7) is -0.0262. The number of para-hydroxylation sites is 4. The molecule has 4 aromatic carbocycles. The summed E-state index contributed by atoms with van der Waals surface area (Å²) >= 11 is 6.51. The molecule has 0 spiro atoms.